The van der Waals surface area contributed by atoms with E-state index in [0.717, 1.165) is 12.1 Å². The fourth-order valence-electron chi connectivity index (χ4n) is 3.02. The lowest BCUT2D eigenvalue weighted by atomic mass is 10.2. The number of amides is 1. The van der Waals surface area contributed by atoms with Gasteiger partial charge < -0.3 is 14.4 Å². The van der Waals surface area contributed by atoms with Crippen LogP contribution in [-0.4, -0.2) is 51.6 Å². The summed E-state index contributed by atoms with van der Waals surface area (Å²) >= 11 is 0. The van der Waals surface area contributed by atoms with E-state index in [-0.39, 0.29) is 16.6 Å². The molecule has 1 heterocycles. The molecule has 0 spiro atoms. The summed E-state index contributed by atoms with van der Waals surface area (Å²) in [5.41, 5.74) is -1.66. The highest BCUT2D eigenvalue weighted by atomic mass is 32.2. The number of hydrogen-bond donors (Lipinski definition) is 1. The van der Waals surface area contributed by atoms with E-state index in [9.17, 15) is 26.4 Å². The van der Waals surface area contributed by atoms with Crippen molar-refractivity contribution in [3.8, 4) is 5.75 Å². The van der Waals surface area contributed by atoms with Gasteiger partial charge >= 0.3 is 6.18 Å². The van der Waals surface area contributed by atoms with Gasteiger partial charge in [-0.3, -0.25) is 9.52 Å². The first-order valence-corrected chi connectivity index (χ1v) is 10.9. The van der Waals surface area contributed by atoms with Crippen LogP contribution in [0.4, 0.5) is 18.9 Å². The van der Waals surface area contributed by atoms with E-state index in [2.05, 4.69) is 0 Å². The number of rotatable bonds is 6. The lowest BCUT2D eigenvalue weighted by Gasteiger charge is -2.29. The van der Waals surface area contributed by atoms with E-state index >= 15 is 0 Å². The van der Waals surface area contributed by atoms with Crippen molar-refractivity contribution >= 4 is 21.6 Å². The van der Waals surface area contributed by atoms with E-state index in [1.807, 2.05) is 4.72 Å². The third kappa shape index (κ3) is 5.67. The Morgan fingerprint density at radius 1 is 1.10 bits per heavy atom. The second-order valence-corrected chi connectivity index (χ2v) is 8.50. The average Bonchev–Trinajstić information content (AvgIpc) is 2.73. The number of nitrogens with one attached hydrogen (secondary N) is 1. The molecular weight excluding hydrogens is 437 g/mol. The van der Waals surface area contributed by atoms with Crippen LogP contribution < -0.4 is 9.46 Å². The van der Waals surface area contributed by atoms with Crippen molar-refractivity contribution in [2.45, 2.75) is 24.1 Å². The van der Waals surface area contributed by atoms with Crippen molar-refractivity contribution in [1.82, 2.24) is 4.90 Å². The van der Waals surface area contributed by atoms with Gasteiger partial charge in [0.15, 0.2) is 6.10 Å². The molecule has 0 bridgehead atoms. The summed E-state index contributed by atoms with van der Waals surface area (Å²) in [4.78, 5) is 13.8. The summed E-state index contributed by atoms with van der Waals surface area (Å²) < 4.78 is 77.2. The predicted molar refractivity (Wildman–Crippen MR) is 106 cm³/mol. The van der Waals surface area contributed by atoms with Gasteiger partial charge in [-0.05, 0) is 43.3 Å². The van der Waals surface area contributed by atoms with E-state index in [1.54, 1.807) is 11.8 Å². The van der Waals surface area contributed by atoms with Gasteiger partial charge in [-0.15, -0.1) is 0 Å². The van der Waals surface area contributed by atoms with Gasteiger partial charge in [-0.25, -0.2) is 8.42 Å². The normalized spacial score (nSPS) is 15.9. The number of sulfonamides is 1. The number of carbonyl (C=O) groups excluding carboxylic acids is 1. The van der Waals surface area contributed by atoms with Gasteiger partial charge in [0.2, 0.25) is 0 Å². The molecule has 2 aromatic carbocycles. The minimum atomic E-state index is -4.71. The molecule has 2 aromatic rings. The Hall–Kier alpha value is -2.79. The smallest absolute Gasteiger partial charge is 0.418 e. The van der Waals surface area contributed by atoms with Crippen LogP contribution >= 0.6 is 0 Å². The van der Waals surface area contributed by atoms with Crippen molar-refractivity contribution in [3.63, 3.8) is 0 Å². The molecule has 11 heteroatoms. The van der Waals surface area contributed by atoms with Crippen LogP contribution in [0.5, 0.6) is 5.75 Å². The third-order valence-corrected chi connectivity index (χ3v) is 5.98. The second-order valence-electron chi connectivity index (χ2n) is 6.82. The number of alkyl halides is 3. The van der Waals surface area contributed by atoms with E-state index < -0.39 is 33.6 Å². The van der Waals surface area contributed by atoms with Crippen LogP contribution in [0, 0.1) is 0 Å². The van der Waals surface area contributed by atoms with Crippen molar-refractivity contribution in [1.29, 1.82) is 0 Å². The molecule has 1 fully saturated rings. The standard InChI is InChI=1S/C20H21F3N2O5S/c1-14(19(26)25-10-12-29-13-11-25)30-15-6-8-16(9-7-15)31(27,28)24-18-5-3-2-4-17(18)20(21,22)23/h2-9,14,24H,10-13H2,1H3/t14-/m1/s1. The molecule has 0 radical (unpaired) electrons. The molecule has 1 aliphatic heterocycles. The van der Waals surface area contributed by atoms with E-state index in [0.29, 0.717) is 26.3 Å². The molecule has 3 rings (SSSR count). The number of nitrogens with zero attached hydrogens (tertiary/aromatic N) is 1. The molecule has 1 saturated heterocycles. The predicted octanol–water partition coefficient (Wildman–Crippen LogP) is 3.13. The number of hydrogen-bond acceptors (Lipinski definition) is 5. The second kappa shape index (κ2) is 9.15. The molecule has 0 unspecified atom stereocenters. The largest absolute Gasteiger partial charge is 0.481 e. The Morgan fingerprint density at radius 2 is 1.71 bits per heavy atom. The third-order valence-electron chi connectivity index (χ3n) is 4.59. The molecule has 0 saturated carbocycles. The van der Waals surface area contributed by atoms with Gasteiger partial charge in [0.1, 0.15) is 5.75 Å². The van der Waals surface area contributed by atoms with Gasteiger partial charge in [0.05, 0.1) is 29.4 Å². The number of anilines is 1. The zero-order valence-corrected chi connectivity index (χ0v) is 17.4. The highest BCUT2D eigenvalue weighted by Crippen LogP contribution is 2.35. The van der Waals surface area contributed by atoms with Crippen LogP contribution in [0.15, 0.2) is 53.4 Å². The first kappa shape index (κ1) is 22.9. The van der Waals surface area contributed by atoms with Crippen LogP contribution in [-0.2, 0) is 25.7 Å². The van der Waals surface area contributed by atoms with Gasteiger partial charge in [0, 0.05) is 13.1 Å². The quantitative estimate of drug-likeness (QED) is 0.719. The Labute approximate surface area is 177 Å². The average molecular weight is 458 g/mol. The SMILES string of the molecule is C[C@@H](Oc1ccc(S(=O)(=O)Nc2ccccc2C(F)(F)F)cc1)C(=O)N1CCOCC1. The van der Waals surface area contributed by atoms with E-state index in [1.165, 1.54) is 36.4 Å². The minimum absolute atomic E-state index is 0.217. The highest BCUT2D eigenvalue weighted by Gasteiger charge is 2.34. The number of para-hydroxylation sites is 1. The Balaban J connectivity index is 1.70. The Morgan fingerprint density at radius 3 is 2.32 bits per heavy atom. The lowest BCUT2D eigenvalue weighted by molar-refractivity contribution is -0.142. The Kier molecular flexibility index (Phi) is 6.75. The zero-order valence-electron chi connectivity index (χ0n) is 16.6. The molecule has 0 aromatic heterocycles. The maximum absolute atomic E-state index is 13.1. The van der Waals surface area contributed by atoms with Crippen molar-refractivity contribution in [2.24, 2.45) is 0 Å². The summed E-state index contributed by atoms with van der Waals surface area (Å²) in [6, 6.07) is 9.38. The maximum Gasteiger partial charge on any atom is 0.418 e. The molecule has 31 heavy (non-hydrogen) atoms. The monoisotopic (exact) mass is 458 g/mol. The Bertz CT molecular complexity index is 1020. The zero-order chi connectivity index (χ0) is 22.6. The number of halogens is 3. The first-order chi connectivity index (χ1) is 14.6. The van der Waals surface area contributed by atoms with Crippen LogP contribution in [0.3, 0.4) is 0 Å². The summed E-state index contributed by atoms with van der Waals surface area (Å²) in [7, 11) is -4.27. The van der Waals surface area contributed by atoms with Gasteiger partial charge in [0.25, 0.3) is 15.9 Å². The molecule has 1 aliphatic rings. The summed E-state index contributed by atoms with van der Waals surface area (Å²) in [6.45, 7) is 3.42. The van der Waals surface area contributed by atoms with Gasteiger partial charge in [-0.2, -0.15) is 13.2 Å². The number of ether oxygens (including phenoxy) is 2. The molecule has 168 valence electrons. The summed E-state index contributed by atoms with van der Waals surface area (Å²) in [6.07, 6.45) is -5.50. The number of benzene rings is 2. The van der Waals surface area contributed by atoms with E-state index in [4.69, 9.17) is 9.47 Å². The summed E-state index contributed by atoms with van der Waals surface area (Å²) in [5.74, 6) is 0.0363. The fourth-order valence-corrected chi connectivity index (χ4v) is 4.10. The number of morpholine rings is 1. The maximum atomic E-state index is 13.1. The summed E-state index contributed by atoms with van der Waals surface area (Å²) in [5, 5.41) is 0. The molecule has 1 N–H and O–H groups in total. The molecule has 1 atom stereocenters. The van der Waals surface area contributed by atoms with Crippen molar-refractivity contribution in [3.05, 3.63) is 54.1 Å². The fraction of sp³-hybridized carbons (Fsp3) is 0.350. The number of carbonyl (C=O) groups is 1. The molecular formula is C20H21F3N2O5S. The van der Waals surface area contributed by atoms with Crippen LogP contribution in [0.1, 0.15) is 12.5 Å². The molecule has 7 nitrogen and oxygen atoms in total. The first-order valence-electron chi connectivity index (χ1n) is 9.40. The minimum Gasteiger partial charge on any atom is -0.481 e. The molecule has 0 aliphatic carbocycles. The van der Waals surface area contributed by atoms with Crippen LogP contribution in [0.2, 0.25) is 0 Å². The van der Waals surface area contributed by atoms with Crippen molar-refractivity contribution < 1.29 is 35.9 Å². The highest BCUT2D eigenvalue weighted by molar-refractivity contribution is 7.92. The topological polar surface area (TPSA) is 84.9 Å². The van der Waals surface area contributed by atoms with Crippen molar-refractivity contribution in [2.75, 3.05) is 31.0 Å². The van der Waals surface area contributed by atoms with Gasteiger partial charge in [-0.1, -0.05) is 12.1 Å². The van der Waals surface area contributed by atoms with Crippen LogP contribution in [0.25, 0.3) is 0 Å². The molecule has 1 amide bonds. The lowest BCUT2D eigenvalue weighted by Crippen LogP contribution is -2.46.